The molecule has 1 unspecified atom stereocenters. The van der Waals surface area contributed by atoms with Crippen LogP contribution in [0, 0.1) is 0 Å². The first-order valence-corrected chi connectivity index (χ1v) is 6.99. The van der Waals surface area contributed by atoms with E-state index in [1.54, 1.807) is 24.4 Å². The predicted octanol–water partition coefficient (Wildman–Crippen LogP) is 1.74. The number of rotatable bonds is 1. The highest BCUT2D eigenvalue weighted by Gasteiger charge is 2.28. The minimum absolute atomic E-state index is 0.218. The van der Waals surface area contributed by atoms with Crippen molar-refractivity contribution < 1.29 is 9.59 Å². The van der Waals surface area contributed by atoms with Gasteiger partial charge in [0.2, 0.25) is 11.8 Å². The zero-order valence-corrected chi connectivity index (χ0v) is 12.0. The maximum absolute atomic E-state index is 12.4. The van der Waals surface area contributed by atoms with Gasteiger partial charge in [0, 0.05) is 22.5 Å². The molecule has 1 atom stereocenters. The fraction of sp³-hybridized carbons (Fsp3) is 0.214. The molecule has 6 heteroatoms. The molecule has 1 aromatic heterocycles. The number of halogens is 1. The van der Waals surface area contributed by atoms with Crippen LogP contribution in [0.4, 0.5) is 0 Å². The van der Waals surface area contributed by atoms with Crippen LogP contribution in [0.1, 0.15) is 18.9 Å². The molecule has 1 aliphatic heterocycles. The molecule has 0 bridgehead atoms. The number of pyridine rings is 1. The van der Waals surface area contributed by atoms with Gasteiger partial charge < -0.3 is 4.57 Å². The molecule has 2 heterocycles. The first-order valence-electron chi connectivity index (χ1n) is 6.20. The van der Waals surface area contributed by atoms with E-state index in [9.17, 15) is 14.4 Å². The highest BCUT2D eigenvalue weighted by Crippen LogP contribution is 2.20. The second-order valence-electron chi connectivity index (χ2n) is 4.73. The third kappa shape index (κ3) is 2.16. The number of carbonyl (C=O) groups is 2. The van der Waals surface area contributed by atoms with E-state index in [4.69, 9.17) is 0 Å². The summed E-state index contributed by atoms with van der Waals surface area (Å²) in [4.78, 5) is 35.5. The Hall–Kier alpha value is -1.95. The third-order valence-electron chi connectivity index (χ3n) is 3.44. The van der Waals surface area contributed by atoms with Gasteiger partial charge in [0.15, 0.2) is 0 Å². The SMILES string of the molecule is O=C1CCC(n2ccc3cc(Br)ccc3c2=O)C(=O)N1. The Kier molecular flexibility index (Phi) is 3.17. The number of fused-ring (bicyclic) bond motifs is 1. The molecule has 20 heavy (non-hydrogen) atoms. The van der Waals surface area contributed by atoms with Gasteiger partial charge in [-0.1, -0.05) is 15.9 Å². The number of hydrogen-bond acceptors (Lipinski definition) is 3. The van der Waals surface area contributed by atoms with Crippen LogP contribution in [-0.2, 0) is 9.59 Å². The summed E-state index contributed by atoms with van der Waals surface area (Å²) in [5.74, 6) is -0.705. The normalized spacial score (nSPS) is 19.1. The molecule has 1 N–H and O–H groups in total. The Balaban J connectivity index is 2.11. The highest BCUT2D eigenvalue weighted by molar-refractivity contribution is 9.10. The molecule has 0 aliphatic carbocycles. The van der Waals surface area contributed by atoms with Crippen molar-refractivity contribution in [1.29, 1.82) is 0 Å². The van der Waals surface area contributed by atoms with Crippen LogP contribution in [0.5, 0.6) is 0 Å². The van der Waals surface area contributed by atoms with Gasteiger partial charge in [-0.05, 0) is 36.1 Å². The van der Waals surface area contributed by atoms with Gasteiger partial charge in [-0.25, -0.2) is 0 Å². The molecule has 1 aromatic carbocycles. The molecule has 0 saturated carbocycles. The number of amides is 2. The largest absolute Gasteiger partial charge is 0.302 e. The molecule has 0 radical (unpaired) electrons. The van der Waals surface area contributed by atoms with Crippen LogP contribution in [0.2, 0.25) is 0 Å². The maximum atomic E-state index is 12.4. The molecule has 2 amide bonds. The lowest BCUT2D eigenvalue weighted by molar-refractivity contribution is -0.135. The Labute approximate surface area is 122 Å². The van der Waals surface area contributed by atoms with Crippen molar-refractivity contribution in [2.45, 2.75) is 18.9 Å². The molecule has 2 aromatic rings. The van der Waals surface area contributed by atoms with Gasteiger partial charge in [-0.3, -0.25) is 19.7 Å². The second-order valence-corrected chi connectivity index (χ2v) is 5.64. The van der Waals surface area contributed by atoms with Gasteiger partial charge in [-0.2, -0.15) is 0 Å². The van der Waals surface area contributed by atoms with Crippen molar-refractivity contribution in [3.63, 3.8) is 0 Å². The lowest BCUT2D eigenvalue weighted by Gasteiger charge is -2.23. The molecule has 1 aliphatic rings. The van der Waals surface area contributed by atoms with Crippen molar-refractivity contribution in [3.05, 3.63) is 45.3 Å². The van der Waals surface area contributed by atoms with Gasteiger partial charge in [0.25, 0.3) is 5.56 Å². The molecular formula is C14H11BrN2O3. The standard InChI is InChI=1S/C14H11BrN2O3/c15-9-1-2-10-8(7-9)5-6-17(14(10)20)11-3-4-12(18)16-13(11)19/h1-2,5-7,11H,3-4H2,(H,16,18,19). The van der Waals surface area contributed by atoms with E-state index in [2.05, 4.69) is 21.2 Å². The maximum Gasteiger partial charge on any atom is 0.259 e. The predicted molar refractivity (Wildman–Crippen MR) is 77.3 cm³/mol. The topological polar surface area (TPSA) is 68.2 Å². The summed E-state index contributed by atoms with van der Waals surface area (Å²) in [5.41, 5.74) is -0.218. The quantitative estimate of drug-likeness (QED) is 0.807. The van der Waals surface area contributed by atoms with Crippen LogP contribution >= 0.6 is 15.9 Å². The zero-order valence-electron chi connectivity index (χ0n) is 10.4. The summed E-state index contributed by atoms with van der Waals surface area (Å²) in [7, 11) is 0. The van der Waals surface area contributed by atoms with Crippen LogP contribution < -0.4 is 10.9 Å². The fourth-order valence-electron chi connectivity index (χ4n) is 2.43. The first kappa shape index (κ1) is 13.1. The summed E-state index contributed by atoms with van der Waals surface area (Å²) in [6, 6.07) is 6.55. The summed E-state index contributed by atoms with van der Waals surface area (Å²) in [6.45, 7) is 0. The van der Waals surface area contributed by atoms with Crippen molar-refractivity contribution in [3.8, 4) is 0 Å². The number of nitrogens with zero attached hydrogens (tertiary/aromatic N) is 1. The van der Waals surface area contributed by atoms with Crippen LogP contribution in [0.3, 0.4) is 0 Å². The smallest absolute Gasteiger partial charge is 0.259 e. The Morgan fingerprint density at radius 3 is 2.75 bits per heavy atom. The average molecular weight is 335 g/mol. The number of aromatic nitrogens is 1. The summed E-state index contributed by atoms with van der Waals surface area (Å²) < 4.78 is 2.29. The lowest BCUT2D eigenvalue weighted by atomic mass is 10.1. The summed E-state index contributed by atoms with van der Waals surface area (Å²) in [6.07, 6.45) is 2.21. The summed E-state index contributed by atoms with van der Waals surface area (Å²) in [5, 5.41) is 3.64. The van der Waals surface area contributed by atoms with Gasteiger partial charge in [0.05, 0.1) is 0 Å². The zero-order chi connectivity index (χ0) is 14.3. The molecule has 0 spiro atoms. The van der Waals surface area contributed by atoms with Crippen molar-refractivity contribution in [1.82, 2.24) is 9.88 Å². The van der Waals surface area contributed by atoms with Crippen LogP contribution in [0.15, 0.2) is 39.7 Å². The molecular weight excluding hydrogens is 324 g/mol. The van der Waals surface area contributed by atoms with E-state index in [0.717, 1.165) is 9.86 Å². The van der Waals surface area contributed by atoms with E-state index in [1.165, 1.54) is 4.57 Å². The summed E-state index contributed by atoms with van der Waals surface area (Å²) >= 11 is 3.36. The first-order chi connectivity index (χ1) is 9.56. The van der Waals surface area contributed by atoms with Crippen molar-refractivity contribution >= 4 is 38.5 Å². The van der Waals surface area contributed by atoms with Gasteiger partial charge in [0.1, 0.15) is 6.04 Å². The number of benzene rings is 1. The van der Waals surface area contributed by atoms with E-state index in [1.807, 2.05) is 6.07 Å². The van der Waals surface area contributed by atoms with Crippen LogP contribution in [0.25, 0.3) is 10.8 Å². The average Bonchev–Trinajstić information content (AvgIpc) is 2.40. The number of carbonyl (C=O) groups excluding carboxylic acids is 2. The van der Waals surface area contributed by atoms with Crippen molar-refractivity contribution in [2.75, 3.05) is 0 Å². The minimum atomic E-state index is -0.617. The molecule has 1 fully saturated rings. The molecule has 1 saturated heterocycles. The molecule has 3 rings (SSSR count). The lowest BCUT2D eigenvalue weighted by Crippen LogP contribution is -2.44. The van der Waals surface area contributed by atoms with E-state index in [-0.39, 0.29) is 17.9 Å². The Morgan fingerprint density at radius 1 is 1.20 bits per heavy atom. The monoisotopic (exact) mass is 334 g/mol. The number of imide groups is 1. The Morgan fingerprint density at radius 2 is 2.00 bits per heavy atom. The second kappa shape index (κ2) is 4.86. The van der Waals surface area contributed by atoms with E-state index < -0.39 is 11.9 Å². The molecule has 102 valence electrons. The van der Waals surface area contributed by atoms with Crippen LogP contribution in [-0.4, -0.2) is 16.4 Å². The Bertz CT molecular complexity index is 782. The third-order valence-corrected chi connectivity index (χ3v) is 3.93. The minimum Gasteiger partial charge on any atom is -0.302 e. The van der Waals surface area contributed by atoms with E-state index in [0.29, 0.717) is 11.8 Å². The molecule has 5 nitrogen and oxygen atoms in total. The fourth-order valence-corrected chi connectivity index (χ4v) is 2.81. The van der Waals surface area contributed by atoms with Crippen molar-refractivity contribution in [2.24, 2.45) is 0 Å². The number of nitrogens with one attached hydrogen (secondary N) is 1. The van der Waals surface area contributed by atoms with Gasteiger partial charge >= 0.3 is 0 Å². The van der Waals surface area contributed by atoms with E-state index >= 15 is 0 Å². The number of piperidine rings is 1. The van der Waals surface area contributed by atoms with Gasteiger partial charge in [-0.15, -0.1) is 0 Å². The number of hydrogen-bond donors (Lipinski definition) is 1. The highest BCUT2D eigenvalue weighted by atomic mass is 79.9.